The minimum atomic E-state index is -0.986. The molecule has 4 aromatic heterocycles. The Hall–Kier alpha value is -2.15. The minimum absolute atomic E-state index is 0. The molecule has 7 rings (SSSR count). The Balaban J connectivity index is 0.00000343. The van der Waals surface area contributed by atoms with Crippen molar-refractivity contribution in [3.8, 4) is 0 Å². The van der Waals surface area contributed by atoms with Crippen LogP contribution in [-0.2, 0) is 32.7 Å². The van der Waals surface area contributed by atoms with Crippen molar-refractivity contribution in [1.82, 2.24) is 49.7 Å². The summed E-state index contributed by atoms with van der Waals surface area (Å²) in [5.41, 5.74) is 2.03. The van der Waals surface area contributed by atoms with Crippen LogP contribution in [0.3, 0.4) is 0 Å². The number of anilines is 2. The summed E-state index contributed by atoms with van der Waals surface area (Å²) >= 11 is 6.33. The molecule has 7 N–H and O–H groups in total. The van der Waals surface area contributed by atoms with Crippen molar-refractivity contribution in [2.75, 3.05) is 37.4 Å². The van der Waals surface area contributed by atoms with Crippen LogP contribution < -0.4 is 20.9 Å². The van der Waals surface area contributed by atoms with E-state index in [1.165, 1.54) is 0 Å². The normalized spacial score (nSPS) is 32.2. The summed E-state index contributed by atoms with van der Waals surface area (Å²) < 4.78 is 3.55. The van der Waals surface area contributed by atoms with E-state index in [4.69, 9.17) is 16.6 Å². The van der Waals surface area contributed by atoms with Crippen molar-refractivity contribution in [1.29, 1.82) is 0 Å². The maximum atomic E-state index is 10.7. The Kier molecular flexibility index (Phi) is 9.09. The van der Waals surface area contributed by atoms with Crippen molar-refractivity contribution < 1.29 is 53.1 Å². The van der Waals surface area contributed by atoms with Crippen LogP contribution >= 0.6 is 11.6 Å². The smallest absolute Gasteiger partial charge is 0.226 e. The maximum absolute atomic E-state index is 10.7. The molecule has 2 aliphatic carbocycles. The van der Waals surface area contributed by atoms with Gasteiger partial charge in [0.2, 0.25) is 5.28 Å². The van der Waals surface area contributed by atoms with E-state index in [1.807, 2.05) is 4.90 Å². The SMILES string of the molecule is CN[C@H]1C[C@@H](n2cnc3[c-]nc(N4CC[C@H](Nc5nc(Cl)nc6c5ncn6[C@@H]5C[C@H](NC)[C@H](O)[C@@H]5O)C4)nc32)[C@@H](O)[C@H]1O.[Y]. The molecule has 233 valence electrons. The zero-order chi connectivity index (χ0) is 30.0. The van der Waals surface area contributed by atoms with Crippen molar-refractivity contribution >= 4 is 45.7 Å². The van der Waals surface area contributed by atoms with Gasteiger partial charge in [0.25, 0.3) is 0 Å². The first-order valence-electron chi connectivity index (χ1n) is 14.4. The topological polar surface area (TPSA) is 207 Å². The molecule has 1 saturated heterocycles. The fourth-order valence-corrected chi connectivity index (χ4v) is 6.94. The summed E-state index contributed by atoms with van der Waals surface area (Å²) in [6, 6.07) is -1.33. The fraction of sp³-hybridized carbons (Fsp3) is 0.615. The molecule has 2 saturated carbocycles. The van der Waals surface area contributed by atoms with Gasteiger partial charge in [0.1, 0.15) is 18.2 Å². The van der Waals surface area contributed by atoms with E-state index in [1.54, 1.807) is 35.9 Å². The molecule has 18 heteroatoms. The number of hydrogen-bond acceptors (Lipinski definition) is 14. The molecular formula is C26H34ClN12O4Y-. The molecule has 0 unspecified atom stereocenters. The van der Waals surface area contributed by atoms with Crippen LogP contribution in [0, 0.1) is 6.20 Å². The van der Waals surface area contributed by atoms with E-state index < -0.39 is 30.5 Å². The molecule has 16 nitrogen and oxygen atoms in total. The Labute approximate surface area is 282 Å². The number of fused-ring (bicyclic) bond motifs is 2. The van der Waals surface area contributed by atoms with E-state index >= 15 is 0 Å². The predicted octanol–water partition coefficient (Wildman–Crippen LogP) is -1.38. The molecule has 0 amide bonds. The first-order valence-corrected chi connectivity index (χ1v) is 14.8. The Morgan fingerprint density at radius 1 is 0.864 bits per heavy atom. The van der Waals surface area contributed by atoms with Crippen LogP contribution in [0.4, 0.5) is 11.8 Å². The largest absolute Gasteiger partial charge is 0.392 e. The van der Waals surface area contributed by atoms with Crippen LogP contribution in [0.5, 0.6) is 0 Å². The zero-order valence-electron chi connectivity index (χ0n) is 24.2. The molecule has 9 atom stereocenters. The van der Waals surface area contributed by atoms with Crippen molar-refractivity contribution in [2.24, 2.45) is 0 Å². The van der Waals surface area contributed by atoms with Crippen molar-refractivity contribution in [3.63, 3.8) is 0 Å². The molecule has 1 aliphatic heterocycles. The number of nitrogens with one attached hydrogen (secondary N) is 3. The Morgan fingerprint density at radius 2 is 1.50 bits per heavy atom. The van der Waals surface area contributed by atoms with E-state index in [0.29, 0.717) is 60.0 Å². The van der Waals surface area contributed by atoms with Gasteiger partial charge < -0.3 is 60.4 Å². The van der Waals surface area contributed by atoms with Gasteiger partial charge in [0, 0.05) is 75.1 Å². The summed E-state index contributed by atoms with van der Waals surface area (Å²) in [7, 11) is 3.51. The number of likely N-dealkylation sites (N-methyl/N-ethyl adjacent to an activating group) is 2. The summed E-state index contributed by atoms with van der Waals surface area (Å²) in [5, 5.41) is 51.8. The molecule has 5 heterocycles. The van der Waals surface area contributed by atoms with Gasteiger partial charge in [-0.25, -0.2) is 4.98 Å². The van der Waals surface area contributed by atoms with E-state index in [0.717, 1.165) is 6.42 Å². The third kappa shape index (κ3) is 5.37. The van der Waals surface area contributed by atoms with Gasteiger partial charge >= 0.3 is 0 Å². The molecule has 4 aromatic rings. The van der Waals surface area contributed by atoms with Gasteiger partial charge in [0.15, 0.2) is 17.0 Å². The number of nitrogens with zero attached hydrogens (tertiary/aromatic N) is 9. The molecule has 44 heavy (non-hydrogen) atoms. The number of hydrogen-bond donors (Lipinski definition) is 7. The van der Waals surface area contributed by atoms with E-state index in [2.05, 4.69) is 47.1 Å². The van der Waals surface area contributed by atoms with Crippen molar-refractivity contribution in [2.45, 2.75) is 73.9 Å². The van der Waals surface area contributed by atoms with Crippen LogP contribution in [0.15, 0.2) is 12.7 Å². The zero-order valence-corrected chi connectivity index (χ0v) is 27.7. The molecule has 0 aromatic carbocycles. The fourth-order valence-electron chi connectivity index (χ4n) is 6.78. The minimum Gasteiger partial charge on any atom is -0.392 e. The third-order valence-electron chi connectivity index (χ3n) is 9.20. The van der Waals surface area contributed by atoms with Gasteiger partial charge in [0.05, 0.1) is 36.9 Å². The average molecular weight is 703 g/mol. The van der Waals surface area contributed by atoms with Gasteiger partial charge in [-0.05, 0) is 51.2 Å². The third-order valence-corrected chi connectivity index (χ3v) is 9.37. The van der Waals surface area contributed by atoms with Crippen LogP contribution in [0.2, 0.25) is 5.28 Å². The van der Waals surface area contributed by atoms with Crippen LogP contribution in [-0.4, -0.2) is 129 Å². The molecule has 0 spiro atoms. The number of imidazole rings is 2. The summed E-state index contributed by atoms with van der Waals surface area (Å²) in [6.45, 7) is 1.24. The first kappa shape index (κ1) is 31.8. The first-order chi connectivity index (χ1) is 20.8. The summed E-state index contributed by atoms with van der Waals surface area (Å²) in [5.74, 6) is 0.965. The van der Waals surface area contributed by atoms with E-state index in [-0.39, 0.29) is 62.2 Å². The number of aromatic nitrogens is 8. The van der Waals surface area contributed by atoms with Crippen molar-refractivity contribution in [3.05, 3.63) is 24.1 Å². The molecular weight excluding hydrogens is 669 g/mol. The van der Waals surface area contributed by atoms with Gasteiger partial charge in [-0.15, -0.1) is 0 Å². The predicted molar refractivity (Wildman–Crippen MR) is 156 cm³/mol. The number of aliphatic hydroxyl groups excluding tert-OH is 4. The second-order valence-corrected chi connectivity index (χ2v) is 11.9. The number of halogens is 1. The molecule has 3 aliphatic rings. The quantitative estimate of drug-likeness (QED) is 0.0876. The van der Waals surface area contributed by atoms with Gasteiger partial charge in [-0.3, -0.25) is 4.98 Å². The van der Waals surface area contributed by atoms with Crippen LogP contribution in [0.1, 0.15) is 31.3 Å². The maximum Gasteiger partial charge on any atom is 0.226 e. The van der Waals surface area contributed by atoms with Crippen LogP contribution in [0.25, 0.3) is 22.3 Å². The molecule has 1 radical (unpaired) electrons. The second-order valence-electron chi connectivity index (χ2n) is 11.6. The van der Waals surface area contributed by atoms with E-state index in [9.17, 15) is 20.4 Å². The molecule has 3 fully saturated rings. The number of aliphatic hydroxyl groups is 4. The standard InChI is InChI=1S/C26H34ClN12O4.Y/c1-28-12-5-15(20(42)18(12)40)38-9-31-14-7-30-26(36-23(14)38)37-4-3-11(8-37)33-22-17-24(35-25(27)34-22)39(10-32-17)16-6-13(29-2)19(41)21(16)43;/h9-13,15-16,18-21,28-29,40-43H,3-6,8H2,1-2H3,(H,33,34,35);/q-1;/t11-,12-,13-,15+,16+,18-,19-,20+,21+;/m0./s1. The van der Waals surface area contributed by atoms with Gasteiger partial charge in [-0.2, -0.15) is 9.97 Å². The summed E-state index contributed by atoms with van der Waals surface area (Å²) in [6.07, 6.45) is 4.23. The average Bonchev–Trinajstić information content (AvgIpc) is 3.82. The Bertz CT molecular complexity index is 1640. The second kappa shape index (κ2) is 12.6. The number of rotatable bonds is 7. The monoisotopic (exact) mass is 702 g/mol. The summed E-state index contributed by atoms with van der Waals surface area (Å²) in [4.78, 5) is 29.0. The molecule has 0 bridgehead atoms. The van der Waals surface area contributed by atoms with Gasteiger partial charge in [-0.1, -0.05) is 0 Å². The Morgan fingerprint density at radius 3 is 2.14 bits per heavy atom.